The molecule has 2 aromatic carbocycles. The fourth-order valence-electron chi connectivity index (χ4n) is 1.60. The smallest absolute Gasteiger partial charge is 0.275 e. The van der Waals surface area contributed by atoms with Gasteiger partial charge >= 0.3 is 0 Å². The minimum atomic E-state index is -0.437. The molecule has 0 fully saturated rings. The zero-order valence-electron chi connectivity index (χ0n) is 10.5. The summed E-state index contributed by atoms with van der Waals surface area (Å²) in [6, 6.07) is 15.9. The van der Waals surface area contributed by atoms with E-state index in [0.29, 0.717) is 5.71 Å². The van der Waals surface area contributed by atoms with Gasteiger partial charge in [0.1, 0.15) is 5.75 Å². The Hall–Kier alpha value is -2.62. The number of nitrogens with one attached hydrogen (secondary N) is 1. The third-order valence-corrected chi connectivity index (χ3v) is 2.67. The van der Waals surface area contributed by atoms with Crippen molar-refractivity contribution < 1.29 is 9.90 Å². The Kier molecular flexibility index (Phi) is 3.93. The van der Waals surface area contributed by atoms with E-state index < -0.39 is 5.91 Å². The first kappa shape index (κ1) is 12.8. The quantitative estimate of drug-likeness (QED) is 0.653. The van der Waals surface area contributed by atoms with E-state index in [9.17, 15) is 9.90 Å². The highest BCUT2D eigenvalue weighted by molar-refractivity contribution is 6.01. The number of carbonyl (C=O) groups excluding carboxylic acids is 1. The molecule has 4 heteroatoms. The van der Waals surface area contributed by atoms with Gasteiger partial charge in [-0.2, -0.15) is 5.10 Å². The average molecular weight is 254 g/mol. The van der Waals surface area contributed by atoms with E-state index in [-0.39, 0.29) is 11.3 Å². The van der Waals surface area contributed by atoms with Crippen molar-refractivity contribution in [3.05, 3.63) is 65.7 Å². The van der Waals surface area contributed by atoms with Crippen molar-refractivity contribution in [1.29, 1.82) is 0 Å². The minimum absolute atomic E-state index is 0.0624. The lowest BCUT2D eigenvalue weighted by Gasteiger charge is -2.04. The summed E-state index contributed by atoms with van der Waals surface area (Å²) < 4.78 is 0. The standard InChI is InChI=1S/C15H14N2O2/c1-11(12-7-3-2-4-8-12)16-17-15(19)13-9-5-6-10-14(13)18/h2-10,18H,1H3,(H,17,19). The van der Waals surface area contributed by atoms with Gasteiger partial charge in [-0.05, 0) is 24.6 Å². The first-order valence-corrected chi connectivity index (χ1v) is 5.86. The van der Waals surface area contributed by atoms with Crippen LogP contribution >= 0.6 is 0 Å². The van der Waals surface area contributed by atoms with Gasteiger partial charge in [0, 0.05) is 0 Å². The predicted molar refractivity (Wildman–Crippen MR) is 74.2 cm³/mol. The van der Waals surface area contributed by atoms with Crippen LogP contribution in [0.4, 0.5) is 0 Å². The Morgan fingerprint density at radius 1 is 1.05 bits per heavy atom. The average Bonchev–Trinajstić information content (AvgIpc) is 2.46. The highest BCUT2D eigenvalue weighted by Crippen LogP contribution is 2.14. The van der Waals surface area contributed by atoms with Crippen LogP contribution in [0.1, 0.15) is 22.8 Å². The molecule has 0 radical (unpaired) electrons. The monoisotopic (exact) mass is 254 g/mol. The number of carbonyl (C=O) groups is 1. The number of phenols is 1. The number of nitrogens with zero attached hydrogens (tertiary/aromatic N) is 1. The van der Waals surface area contributed by atoms with Crippen LogP contribution in [-0.4, -0.2) is 16.7 Å². The van der Waals surface area contributed by atoms with Crippen LogP contribution < -0.4 is 5.43 Å². The zero-order chi connectivity index (χ0) is 13.7. The number of phenolic OH excluding ortho intramolecular Hbond substituents is 1. The number of benzene rings is 2. The Labute approximate surface area is 111 Å². The summed E-state index contributed by atoms with van der Waals surface area (Å²) >= 11 is 0. The maximum Gasteiger partial charge on any atom is 0.275 e. The third kappa shape index (κ3) is 3.19. The van der Waals surface area contributed by atoms with Crippen molar-refractivity contribution in [3.63, 3.8) is 0 Å². The first-order chi connectivity index (χ1) is 9.18. The molecule has 0 saturated carbocycles. The van der Waals surface area contributed by atoms with Gasteiger partial charge in [0.2, 0.25) is 0 Å². The second kappa shape index (κ2) is 5.82. The third-order valence-electron chi connectivity index (χ3n) is 2.67. The molecule has 0 saturated heterocycles. The topological polar surface area (TPSA) is 61.7 Å². The molecule has 19 heavy (non-hydrogen) atoms. The highest BCUT2D eigenvalue weighted by Gasteiger charge is 2.09. The van der Waals surface area contributed by atoms with Gasteiger partial charge < -0.3 is 5.11 Å². The lowest BCUT2D eigenvalue weighted by molar-refractivity contribution is 0.0952. The minimum Gasteiger partial charge on any atom is -0.507 e. The molecule has 0 aliphatic heterocycles. The summed E-state index contributed by atoms with van der Waals surface area (Å²) in [6.07, 6.45) is 0. The Balaban J connectivity index is 2.11. The number of hydrogen-bond donors (Lipinski definition) is 2. The van der Waals surface area contributed by atoms with Crippen LogP contribution in [0.2, 0.25) is 0 Å². The van der Waals surface area contributed by atoms with Gasteiger partial charge in [-0.3, -0.25) is 4.79 Å². The SMILES string of the molecule is CC(=NNC(=O)c1ccccc1O)c1ccccc1. The van der Waals surface area contributed by atoms with Gasteiger partial charge in [-0.25, -0.2) is 5.43 Å². The molecule has 0 bridgehead atoms. The molecular formula is C15H14N2O2. The molecule has 2 N–H and O–H groups in total. The first-order valence-electron chi connectivity index (χ1n) is 5.86. The molecule has 0 spiro atoms. The summed E-state index contributed by atoms with van der Waals surface area (Å²) in [5.74, 6) is -0.499. The lowest BCUT2D eigenvalue weighted by atomic mass is 10.1. The van der Waals surface area contributed by atoms with Gasteiger partial charge in [0.25, 0.3) is 5.91 Å². The van der Waals surface area contributed by atoms with Crippen LogP contribution in [0.15, 0.2) is 59.7 Å². The van der Waals surface area contributed by atoms with Gasteiger partial charge in [0.15, 0.2) is 0 Å². The van der Waals surface area contributed by atoms with E-state index in [1.165, 1.54) is 12.1 Å². The molecule has 1 amide bonds. The van der Waals surface area contributed by atoms with Crippen molar-refractivity contribution in [1.82, 2.24) is 5.43 Å². The van der Waals surface area contributed by atoms with E-state index in [4.69, 9.17) is 0 Å². The zero-order valence-corrected chi connectivity index (χ0v) is 10.5. The summed E-state index contributed by atoms with van der Waals surface area (Å²) in [5, 5.41) is 13.6. The summed E-state index contributed by atoms with van der Waals surface area (Å²) in [4.78, 5) is 11.8. The van der Waals surface area contributed by atoms with Gasteiger partial charge in [-0.1, -0.05) is 42.5 Å². The van der Waals surface area contributed by atoms with E-state index >= 15 is 0 Å². The molecule has 96 valence electrons. The van der Waals surface area contributed by atoms with Gasteiger partial charge in [0.05, 0.1) is 11.3 Å². The number of para-hydroxylation sites is 1. The number of hydrazone groups is 1. The number of rotatable bonds is 3. The van der Waals surface area contributed by atoms with Crippen LogP contribution in [-0.2, 0) is 0 Å². The van der Waals surface area contributed by atoms with Crippen LogP contribution in [0, 0.1) is 0 Å². The second-order valence-electron chi connectivity index (χ2n) is 4.02. The van der Waals surface area contributed by atoms with Gasteiger partial charge in [-0.15, -0.1) is 0 Å². The predicted octanol–water partition coefficient (Wildman–Crippen LogP) is 2.55. The highest BCUT2D eigenvalue weighted by atomic mass is 16.3. The van der Waals surface area contributed by atoms with Crippen LogP contribution in [0.5, 0.6) is 5.75 Å². The summed E-state index contributed by atoms with van der Waals surface area (Å²) in [5.41, 5.74) is 4.26. The molecule has 0 aromatic heterocycles. The van der Waals surface area contributed by atoms with E-state index in [0.717, 1.165) is 5.56 Å². The number of amides is 1. The molecular weight excluding hydrogens is 240 g/mol. The molecule has 2 aromatic rings. The largest absolute Gasteiger partial charge is 0.507 e. The van der Waals surface area contributed by atoms with Crippen molar-refractivity contribution in [3.8, 4) is 5.75 Å². The fraction of sp³-hybridized carbons (Fsp3) is 0.0667. The Bertz CT molecular complexity index is 607. The van der Waals surface area contributed by atoms with Crippen LogP contribution in [0.25, 0.3) is 0 Å². The molecule has 4 nitrogen and oxygen atoms in total. The normalized spacial score (nSPS) is 11.1. The second-order valence-corrected chi connectivity index (χ2v) is 4.02. The molecule has 0 atom stereocenters. The maximum atomic E-state index is 11.8. The molecule has 0 heterocycles. The molecule has 0 aliphatic carbocycles. The number of aromatic hydroxyl groups is 1. The molecule has 2 rings (SSSR count). The van der Waals surface area contributed by atoms with Crippen molar-refractivity contribution in [2.24, 2.45) is 5.10 Å². The van der Waals surface area contributed by atoms with E-state index in [1.807, 2.05) is 30.3 Å². The van der Waals surface area contributed by atoms with Crippen molar-refractivity contribution in [2.75, 3.05) is 0 Å². The Morgan fingerprint density at radius 2 is 1.68 bits per heavy atom. The number of hydrogen-bond acceptors (Lipinski definition) is 3. The fourth-order valence-corrected chi connectivity index (χ4v) is 1.60. The summed E-state index contributed by atoms with van der Waals surface area (Å²) in [7, 11) is 0. The van der Waals surface area contributed by atoms with Crippen LogP contribution in [0.3, 0.4) is 0 Å². The van der Waals surface area contributed by atoms with Crippen molar-refractivity contribution in [2.45, 2.75) is 6.92 Å². The Morgan fingerprint density at radius 3 is 2.37 bits per heavy atom. The molecule has 0 unspecified atom stereocenters. The maximum absolute atomic E-state index is 11.8. The summed E-state index contributed by atoms with van der Waals surface area (Å²) in [6.45, 7) is 1.81. The van der Waals surface area contributed by atoms with Crippen molar-refractivity contribution >= 4 is 11.6 Å². The van der Waals surface area contributed by atoms with E-state index in [1.54, 1.807) is 19.1 Å². The lowest BCUT2D eigenvalue weighted by Crippen LogP contribution is -2.19. The molecule has 0 aliphatic rings. The van der Waals surface area contributed by atoms with E-state index in [2.05, 4.69) is 10.5 Å².